The predicted molar refractivity (Wildman–Crippen MR) is 67.0 cm³/mol. The summed E-state index contributed by atoms with van der Waals surface area (Å²) < 4.78 is 5.23. The molecule has 0 amide bonds. The second-order valence-electron chi connectivity index (χ2n) is 4.57. The Morgan fingerprint density at radius 1 is 1.59 bits per heavy atom. The van der Waals surface area contributed by atoms with Crippen molar-refractivity contribution in [1.82, 2.24) is 4.98 Å². The van der Waals surface area contributed by atoms with Crippen LogP contribution in [0.25, 0.3) is 0 Å². The molecule has 1 aliphatic rings. The monoisotopic (exact) mass is 236 g/mol. The lowest BCUT2D eigenvalue weighted by atomic mass is 9.98. The minimum atomic E-state index is 0.0727. The number of ether oxygens (including phenoxy) is 1. The Bertz CT molecular complexity index is 355. The zero-order valence-corrected chi connectivity index (χ0v) is 10.3. The van der Waals surface area contributed by atoms with Gasteiger partial charge in [0.05, 0.1) is 25.1 Å². The first-order valence-corrected chi connectivity index (χ1v) is 6.12. The lowest BCUT2D eigenvalue weighted by Gasteiger charge is -2.34. The van der Waals surface area contributed by atoms with Crippen molar-refractivity contribution in [2.75, 3.05) is 31.7 Å². The lowest BCUT2D eigenvalue weighted by molar-refractivity contribution is 0.143. The highest BCUT2D eigenvalue weighted by Gasteiger charge is 2.21. The highest BCUT2D eigenvalue weighted by Crippen LogP contribution is 2.25. The Morgan fingerprint density at radius 3 is 3.24 bits per heavy atom. The molecule has 2 heterocycles. The van der Waals surface area contributed by atoms with Crippen molar-refractivity contribution in [3.05, 3.63) is 24.0 Å². The zero-order valence-electron chi connectivity index (χ0n) is 10.3. The number of aliphatic hydroxyl groups excluding tert-OH is 1. The summed E-state index contributed by atoms with van der Waals surface area (Å²) in [5.74, 6) is 0.584. The standard InChI is InChI=1S/C13H20N2O2/c1-17-10-11-3-2-6-15(8-11)13-7-14-5-4-12(13)9-16/h4-5,7,11,16H,2-3,6,8-10H2,1H3. The summed E-state index contributed by atoms with van der Waals surface area (Å²) in [4.78, 5) is 6.47. The van der Waals surface area contributed by atoms with Crippen LogP contribution in [0.3, 0.4) is 0 Å². The summed E-state index contributed by atoms with van der Waals surface area (Å²) in [6.45, 7) is 2.92. The van der Waals surface area contributed by atoms with E-state index in [1.807, 2.05) is 12.3 Å². The highest BCUT2D eigenvalue weighted by molar-refractivity contribution is 5.51. The first kappa shape index (κ1) is 12.3. The quantitative estimate of drug-likeness (QED) is 0.859. The van der Waals surface area contributed by atoms with Gasteiger partial charge in [-0.25, -0.2) is 0 Å². The van der Waals surface area contributed by atoms with Gasteiger partial charge in [-0.2, -0.15) is 0 Å². The van der Waals surface area contributed by atoms with Crippen LogP contribution in [0, 0.1) is 5.92 Å². The van der Waals surface area contributed by atoms with Crippen LogP contribution in [0.4, 0.5) is 5.69 Å². The predicted octanol–water partition coefficient (Wildman–Crippen LogP) is 1.44. The van der Waals surface area contributed by atoms with Gasteiger partial charge in [0.25, 0.3) is 0 Å². The molecule has 0 aromatic carbocycles. The number of piperidine rings is 1. The molecule has 0 spiro atoms. The van der Waals surface area contributed by atoms with Gasteiger partial charge in [0.2, 0.25) is 0 Å². The second kappa shape index (κ2) is 5.98. The largest absolute Gasteiger partial charge is 0.392 e. The van der Waals surface area contributed by atoms with E-state index in [-0.39, 0.29) is 6.61 Å². The molecule has 2 rings (SSSR count). The molecule has 1 atom stereocenters. The van der Waals surface area contributed by atoms with Crippen molar-refractivity contribution >= 4 is 5.69 Å². The average molecular weight is 236 g/mol. The van der Waals surface area contributed by atoms with Gasteiger partial charge in [0.15, 0.2) is 0 Å². The summed E-state index contributed by atoms with van der Waals surface area (Å²) in [7, 11) is 1.75. The Morgan fingerprint density at radius 2 is 2.47 bits per heavy atom. The molecule has 0 aliphatic carbocycles. The van der Waals surface area contributed by atoms with Crippen molar-refractivity contribution in [3.8, 4) is 0 Å². The molecule has 4 heteroatoms. The van der Waals surface area contributed by atoms with E-state index in [2.05, 4.69) is 9.88 Å². The zero-order chi connectivity index (χ0) is 12.1. The van der Waals surface area contributed by atoms with Crippen LogP contribution in [-0.4, -0.2) is 36.9 Å². The van der Waals surface area contributed by atoms with Crippen LogP contribution in [0.1, 0.15) is 18.4 Å². The molecule has 17 heavy (non-hydrogen) atoms. The van der Waals surface area contributed by atoms with Crippen LogP contribution in [-0.2, 0) is 11.3 Å². The van der Waals surface area contributed by atoms with E-state index < -0.39 is 0 Å². The van der Waals surface area contributed by atoms with Crippen molar-refractivity contribution in [2.45, 2.75) is 19.4 Å². The van der Waals surface area contributed by atoms with E-state index in [1.54, 1.807) is 13.3 Å². The lowest BCUT2D eigenvalue weighted by Crippen LogP contribution is -2.37. The third-order valence-corrected chi connectivity index (χ3v) is 3.32. The molecular weight excluding hydrogens is 216 g/mol. The fraction of sp³-hybridized carbons (Fsp3) is 0.615. The molecule has 94 valence electrons. The van der Waals surface area contributed by atoms with Crippen molar-refractivity contribution in [2.24, 2.45) is 5.92 Å². The van der Waals surface area contributed by atoms with E-state index in [4.69, 9.17) is 4.74 Å². The van der Waals surface area contributed by atoms with E-state index in [1.165, 1.54) is 12.8 Å². The molecule has 1 aromatic heterocycles. The Hall–Kier alpha value is -1.13. The summed E-state index contributed by atoms with van der Waals surface area (Å²) in [5.41, 5.74) is 2.02. The minimum absolute atomic E-state index is 0.0727. The van der Waals surface area contributed by atoms with Crippen LogP contribution in [0.2, 0.25) is 0 Å². The summed E-state index contributed by atoms with van der Waals surface area (Å²) >= 11 is 0. The van der Waals surface area contributed by atoms with Crippen molar-refractivity contribution in [1.29, 1.82) is 0 Å². The minimum Gasteiger partial charge on any atom is -0.392 e. The number of pyridine rings is 1. The number of hydrogen-bond acceptors (Lipinski definition) is 4. The first-order valence-electron chi connectivity index (χ1n) is 6.12. The molecule has 0 saturated carbocycles. The Labute approximate surface area is 102 Å². The maximum atomic E-state index is 9.34. The number of aromatic nitrogens is 1. The van der Waals surface area contributed by atoms with E-state index in [0.717, 1.165) is 30.9 Å². The molecule has 1 aliphatic heterocycles. The van der Waals surface area contributed by atoms with Crippen molar-refractivity contribution < 1.29 is 9.84 Å². The molecule has 1 saturated heterocycles. The third-order valence-electron chi connectivity index (χ3n) is 3.32. The first-order chi connectivity index (χ1) is 8.35. The molecule has 0 bridgehead atoms. The van der Waals surface area contributed by atoms with E-state index in [0.29, 0.717) is 5.92 Å². The Kier molecular flexibility index (Phi) is 4.34. The topological polar surface area (TPSA) is 45.6 Å². The molecule has 1 unspecified atom stereocenters. The van der Waals surface area contributed by atoms with Crippen molar-refractivity contribution in [3.63, 3.8) is 0 Å². The molecule has 1 N–H and O–H groups in total. The number of methoxy groups -OCH3 is 1. The van der Waals surface area contributed by atoms with Crippen LogP contribution in [0.5, 0.6) is 0 Å². The highest BCUT2D eigenvalue weighted by atomic mass is 16.5. The van der Waals surface area contributed by atoms with Gasteiger partial charge in [-0.3, -0.25) is 4.98 Å². The third kappa shape index (κ3) is 2.96. The molecule has 4 nitrogen and oxygen atoms in total. The van der Waals surface area contributed by atoms with Gasteiger partial charge in [0, 0.05) is 32.0 Å². The SMILES string of the molecule is COCC1CCCN(c2cnccc2CO)C1. The molecule has 0 radical (unpaired) electrons. The van der Waals surface area contributed by atoms with E-state index in [9.17, 15) is 5.11 Å². The fourth-order valence-corrected chi connectivity index (χ4v) is 2.49. The van der Waals surface area contributed by atoms with Crippen LogP contribution < -0.4 is 4.90 Å². The Balaban J connectivity index is 2.10. The smallest absolute Gasteiger partial charge is 0.0703 e. The van der Waals surface area contributed by atoms with E-state index >= 15 is 0 Å². The number of aliphatic hydroxyl groups is 1. The van der Waals surface area contributed by atoms with Gasteiger partial charge >= 0.3 is 0 Å². The van der Waals surface area contributed by atoms with Crippen LogP contribution >= 0.6 is 0 Å². The summed E-state index contributed by atoms with van der Waals surface area (Å²) in [6.07, 6.45) is 5.97. The number of nitrogens with zero attached hydrogens (tertiary/aromatic N) is 2. The fourth-order valence-electron chi connectivity index (χ4n) is 2.49. The van der Waals surface area contributed by atoms with Gasteiger partial charge in [-0.1, -0.05) is 0 Å². The van der Waals surface area contributed by atoms with Crippen LogP contribution in [0.15, 0.2) is 18.5 Å². The van der Waals surface area contributed by atoms with Gasteiger partial charge in [-0.05, 0) is 24.8 Å². The molecule has 1 fully saturated rings. The average Bonchev–Trinajstić information content (AvgIpc) is 2.39. The molecule has 1 aromatic rings. The summed E-state index contributed by atoms with van der Waals surface area (Å²) in [5, 5.41) is 9.34. The number of rotatable bonds is 4. The second-order valence-corrected chi connectivity index (χ2v) is 4.57. The van der Waals surface area contributed by atoms with Gasteiger partial charge in [0.1, 0.15) is 0 Å². The number of hydrogen-bond donors (Lipinski definition) is 1. The summed E-state index contributed by atoms with van der Waals surface area (Å²) in [6, 6.07) is 1.88. The number of anilines is 1. The normalized spacial score (nSPS) is 20.6. The maximum Gasteiger partial charge on any atom is 0.0703 e. The van der Waals surface area contributed by atoms with Gasteiger partial charge in [-0.15, -0.1) is 0 Å². The maximum absolute atomic E-state index is 9.34. The van der Waals surface area contributed by atoms with Gasteiger partial charge < -0.3 is 14.7 Å². The molecular formula is C13H20N2O2.